The minimum absolute atomic E-state index is 0.162. The van der Waals surface area contributed by atoms with Gasteiger partial charge in [-0.3, -0.25) is 4.79 Å². The number of rotatable bonds is 5. The zero-order valence-corrected chi connectivity index (χ0v) is 12.7. The minimum Gasteiger partial charge on any atom is -0.399 e. The van der Waals surface area contributed by atoms with Gasteiger partial charge in [0.05, 0.1) is 6.42 Å². The highest BCUT2D eigenvalue weighted by atomic mass is 32.1. The van der Waals surface area contributed by atoms with Gasteiger partial charge in [0.25, 0.3) is 0 Å². The summed E-state index contributed by atoms with van der Waals surface area (Å²) < 4.78 is 0. The van der Waals surface area contributed by atoms with E-state index in [1.807, 2.05) is 59.8 Å². The van der Waals surface area contributed by atoms with E-state index in [1.165, 1.54) is 0 Å². The molecule has 0 unspecified atom stereocenters. The molecule has 2 aromatic rings. The Bertz CT molecular complexity index is 546. The summed E-state index contributed by atoms with van der Waals surface area (Å²) in [6, 6.07) is 9.88. The van der Waals surface area contributed by atoms with Crippen LogP contribution in [0.2, 0.25) is 0 Å². The predicted octanol–water partition coefficient (Wildman–Crippen LogP) is 3.31. The van der Waals surface area contributed by atoms with E-state index in [1.54, 1.807) is 11.3 Å². The smallest absolute Gasteiger partial charge is 0.227 e. The van der Waals surface area contributed by atoms with E-state index in [9.17, 15) is 4.79 Å². The van der Waals surface area contributed by atoms with Crippen molar-refractivity contribution < 1.29 is 4.79 Å². The maximum Gasteiger partial charge on any atom is 0.227 e. The average molecular weight is 288 g/mol. The number of thiophene rings is 1. The van der Waals surface area contributed by atoms with Gasteiger partial charge >= 0.3 is 0 Å². The summed E-state index contributed by atoms with van der Waals surface area (Å²) >= 11 is 1.62. The molecule has 0 aliphatic heterocycles. The lowest BCUT2D eigenvalue weighted by molar-refractivity contribution is -0.132. The molecule has 2 rings (SSSR count). The fraction of sp³-hybridized carbons (Fsp3) is 0.312. The molecule has 0 saturated heterocycles. The summed E-state index contributed by atoms with van der Waals surface area (Å²) in [5, 5.41) is 4.03. The van der Waals surface area contributed by atoms with Crippen LogP contribution in [0.5, 0.6) is 0 Å². The zero-order valence-electron chi connectivity index (χ0n) is 11.9. The molecular formula is C16H20N2OS. The van der Waals surface area contributed by atoms with Crippen molar-refractivity contribution in [3.8, 4) is 0 Å². The molecule has 0 fully saturated rings. The van der Waals surface area contributed by atoms with Crippen molar-refractivity contribution >= 4 is 22.9 Å². The first-order valence-corrected chi connectivity index (χ1v) is 7.65. The van der Waals surface area contributed by atoms with Crippen LogP contribution in [0.3, 0.4) is 0 Å². The highest BCUT2D eigenvalue weighted by molar-refractivity contribution is 7.07. The first-order chi connectivity index (χ1) is 9.56. The second-order valence-corrected chi connectivity index (χ2v) is 5.95. The van der Waals surface area contributed by atoms with Gasteiger partial charge in [0.1, 0.15) is 0 Å². The van der Waals surface area contributed by atoms with E-state index >= 15 is 0 Å². The van der Waals surface area contributed by atoms with Gasteiger partial charge < -0.3 is 10.6 Å². The second-order valence-electron chi connectivity index (χ2n) is 5.17. The third-order valence-corrected chi connectivity index (χ3v) is 3.94. The molecule has 0 aliphatic carbocycles. The highest BCUT2D eigenvalue weighted by Crippen LogP contribution is 2.14. The van der Waals surface area contributed by atoms with E-state index in [-0.39, 0.29) is 11.9 Å². The van der Waals surface area contributed by atoms with E-state index in [4.69, 9.17) is 5.73 Å². The minimum atomic E-state index is 0.162. The van der Waals surface area contributed by atoms with Gasteiger partial charge in [0.15, 0.2) is 0 Å². The molecule has 0 saturated carbocycles. The summed E-state index contributed by atoms with van der Waals surface area (Å²) in [7, 11) is 0. The molecule has 4 heteroatoms. The van der Waals surface area contributed by atoms with Gasteiger partial charge in [0.2, 0.25) is 5.91 Å². The third kappa shape index (κ3) is 3.84. The van der Waals surface area contributed by atoms with Crippen molar-refractivity contribution in [2.24, 2.45) is 0 Å². The average Bonchev–Trinajstić information content (AvgIpc) is 2.90. The summed E-state index contributed by atoms with van der Waals surface area (Å²) in [5.74, 6) is 0.162. The van der Waals surface area contributed by atoms with Crippen LogP contribution in [-0.2, 0) is 17.8 Å². The molecule has 0 spiro atoms. The lowest BCUT2D eigenvalue weighted by atomic mass is 10.1. The number of carbonyl (C=O) groups excluding carboxylic acids is 1. The Hall–Kier alpha value is -1.81. The van der Waals surface area contributed by atoms with Crippen molar-refractivity contribution in [3.63, 3.8) is 0 Å². The maximum absolute atomic E-state index is 12.4. The SMILES string of the molecule is CC(C)N(Cc1ccc(N)cc1)C(=O)Cc1ccsc1. The Balaban J connectivity index is 2.06. The monoisotopic (exact) mass is 288 g/mol. The Morgan fingerprint density at radius 3 is 2.45 bits per heavy atom. The molecule has 2 N–H and O–H groups in total. The van der Waals surface area contributed by atoms with Gasteiger partial charge in [0, 0.05) is 18.3 Å². The Morgan fingerprint density at radius 1 is 1.20 bits per heavy atom. The van der Waals surface area contributed by atoms with E-state index < -0.39 is 0 Å². The molecule has 3 nitrogen and oxygen atoms in total. The first-order valence-electron chi connectivity index (χ1n) is 6.71. The molecule has 106 valence electrons. The van der Waals surface area contributed by atoms with Crippen LogP contribution in [0.4, 0.5) is 5.69 Å². The number of amides is 1. The number of anilines is 1. The van der Waals surface area contributed by atoms with Crippen LogP contribution in [0.1, 0.15) is 25.0 Å². The summed E-state index contributed by atoms with van der Waals surface area (Å²) in [5.41, 5.74) is 8.62. The molecule has 0 bridgehead atoms. The molecule has 0 radical (unpaired) electrons. The number of nitrogens with zero attached hydrogens (tertiary/aromatic N) is 1. The van der Waals surface area contributed by atoms with Gasteiger partial charge in [-0.2, -0.15) is 11.3 Å². The number of hydrogen-bond acceptors (Lipinski definition) is 3. The van der Waals surface area contributed by atoms with Gasteiger partial charge in [-0.15, -0.1) is 0 Å². The Morgan fingerprint density at radius 2 is 1.90 bits per heavy atom. The van der Waals surface area contributed by atoms with E-state index in [0.29, 0.717) is 13.0 Å². The lowest BCUT2D eigenvalue weighted by Crippen LogP contribution is -2.37. The fourth-order valence-corrected chi connectivity index (χ4v) is 2.72. The van der Waals surface area contributed by atoms with Crippen molar-refractivity contribution in [2.45, 2.75) is 32.9 Å². The van der Waals surface area contributed by atoms with Crippen LogP contribution in [0.15, 0.2) is 41.1 Å². The summed E-state index contributed by atoms with van der Waals surface area (Å²) in [4.78, 5) is 14.3. The Kier molecular flexibility index (Phi) is 4.79. The first kappa shape index (κ1) is 14.6. The largest absolute Gasteiger partial charge is 0.399 e. The van der Waals surface area contributed by atoms with Crippen LogP contribution in [-0.4, -0.2) is 16.8 Å². The van der Waals surface area contributed by atoms with Crippen molar-refractivity contribution in [1.29, 1.82) is 0 Å². The van der Waals surface area contributed by atoms with Crippen molar-refractivity contribution in [2.75, 3.05) is 5.73 Å². The standard InChI is InChI=1S/C16H20N2OS/c1-12(2)18(10-13-3-5-15(17)6-4-13)16(19)9-14-7-8-20-11-14/h3-8,11-12H,9-10,17H2,1-2H3. The lowest BCUT2D eigenvalue weighted by Gasteiger charge is -2.27. The molecule has 0 atom stereocenters. The van der Waals surface area contributed by atoms with Gasteiger partial charge in [-0.05, 0) is 53.9 Å². The molecule has 1 heterocycles. The maximum atomic E-state index is 12.4. The topological polar surface area (TPSA) is 46.3 Å². The molecule has 20 heavy (non-hydrogen) atoms. The quantitative estimate of drug-likeness (QED) is 0.858. The number of carbonyl (C=O) groups is 1. The molecular weight excluding hydrogens is 268 g/mol. The zero-order chi connectivity index (χ0) is 14.5. The van der Waals surface area contributed by atoms with Crippen LogP contribution in [0, 0.1) is 0 Å². The number of benzene rings is 1. The molecule has 1 aromatic heterocycles. The number of hydrogen-bond donors (Lipinski definition) is 1. The van der Waals surface area contributed by atoms with Crippen LogP contribution >= 0.6 is 11.3 Å². The van der Waals surface area contributed by atoms with Gasteiger partial charge in [-0.1, -0.05) is 12.1 Å². The Labute approximate surface area is 124 Å². The molecule has 0 aliphatic rings. The summed E-state index contributed by atoms with van der Waals surface area (Å²) in [6.45, 7) is 4.71. The van der Waals surface area contributed by atoms with Crippen molar-refractivity contribution in [3.05, 3.63) is 52.2 Å². The van der Waals surface area contributed by atoms with E-state index in [0.717, 1.165) is 16.8 Å². The number of nitrogens with two attached hydrogens (primary N) is 1. The fourth-order valence-electron chi connectivity index (χ4n) is 2.05. The van der Waals surface area contributed by atoms with Crippen molar-refractivity contribution in [1.82, 2.24) is 4.90 Å². The number of nitrogen functional groups attached to an aromatic ring is 1. The normalized spacial score (nSPS) is 10.8. The molecule has 1 amide bonds. The van der Waals surface area contributed by atoms with E-state index in [2.05, 4.69) is 0 Å². The third-order valence-electron chi connectivity index (χ3n) is 3.21. The second kappa shape index (κ2) is 6.57. The molecule has 1 aromatic carbocycles. The highest BCUT2D eigenvalue weighted by Gasteiger charge is 2.17. The van der Waals surface area contributed by atoms with Crippen LogP contribution < -0.4 is 5.73 Å². The van der Waals surface area contributed by atoms with Gasteiger partial charge in [-0.25, -0.2) is 0 Å². The van der Waals surface area contributed by atoms with Crippen LogP contribution in [0.25, 0.3) is 0 Å². The summed E-state index contributed by atoms with van der Waals surface area (Å²) in [6.07, 6.45) is 0.469. The predicted molar refractivity (Wildman–Crippen MR) is 84.6 cm³/mol.